The van der Waals surface area contributed by atoms with Crippen LogP contribution in [0.1, 0.15) is 55.1 Å². The highest BCUT2D eigenvalue weighted by Gasteiger charge is 2.44. The van der Waals surface area contributed by atoms with E-state index in [-0.39, 0.29) is 11.2 Å². The maximum absolute atomic E-state index is 13.7. The first kappa shape index (κ1) is 26.6. The number of fused-ring (bicyclic) bond motifs is 3. The maximum atomic E-state index is 13.7. The summed E-state index contributed by atoms with van der Waals surface area (Å²) >= 11 is 0. The molecule has 2 aliphatic rings. The Hall–Kier alpha value is -4.60. The number of hydrogen-bond acceptors (Lipinski definition) is 9. The third-order valence-corrected chi connectivity index (χ3v) is 7.66. The minimum absolute atomic E-state index is 0.0498. The largest absolute Gasteiger partial charge is 0.493 e. The second-order valence-corrected chi connectivity index (χ2v) is 11.1. The van der Waals surface area contributed by atoms with Gasteiger partial charge in [-0.1, -0.05) is 26.0 Å². The van der Waals surface area contributed by atoms with Gasteiger partial charge in [-0.2, -0.15) is 0 Å². The lowest BCUT2D eigenvalue weighted by Gasteiger charge is -2.37. The van der Waals surface area contributed by atoms with Crippen LogP contribution in [0.4, 0.5) is 0 Å². The number of ether oxygens (including phenoxy) is 5. The van der Waals surface area contributed by atoms with Crippen molar-refractivity contribution in [1.82, 2.24) is 19.6 Å². The lowest BCUT2D eigenvalue weighted by molar-refractivity contribution is -0.118. The fourth-order valence-electron chi connectivity index (χ4n) is 5.80. The molecule has 1 aliphatic carbocycles. The molecule has 6 rings (SSSR count). The SMILES string of the molecule is COc1ccc(Cc2nc3c4c(ncn3n2)OC2=C(C(=O)CC(C)(C)C2)C4c2ccc(OC)c(OC)c2)cc1OC. The number of hydrogen-bond donors (Lipinski definition) is 0. The number of carbonyl (C=O) groups excluding carboxylic acids is 1. The fraction of sp³-hybridized carbons (Fsp3) is 0.355. The third kappa shape index (κ3) is 4.63. The number of benzene rings is 2. The van der Waals surface area contributed by atoms with Crippen molar-refractivity contribution in [3.63, 3.8) is 0 Å². The van der Waals surface area contributed by atoms with E-state index < -0.39 is 5.92 Å². The van der Waals surface area contributed by atoms with E-state index in [2.05, 4.69) is 18.8 Å². The lowest BCUT2D eigenvalue weighted by atomic mass is 9.70. The van der Waals surface area contributed by atoms with Crippen molar-refractivity contribution in [3.8, 4) is 28.9 Å². The number of nitrogens with zero attached hydrogens (tertiary/aromatic N) is 4. The maximum Gasteiger partial charge on any atom is 0.228 e. The van der Waals surface area contributed by atoms with Crippen LogP contribution in [0, 0.1) is 5.41 Å². The summed E-state index contributed by atoms with van der Waals surface area (Å²) in [5.74, 6) is 3.70. The van der Waals surface area contributed by atoms with E-state index >= 15 is 0 Å². The van der Waals surface area contributed by atoms with E-state index in [1.165, 1.54) is 0 Å². The van der Waals surface area contributed by atoms with Gasteiger partial charge in [0.15, 0.2) is 40.3 Å². The topological polar surface area (TPSA) is 106 Å². The number of ketones is 1. The minimum atomic E-state index is -0.466. The zero-order valence-corrected chi connectivity index (χ0v) is 24.0. The van der Waals surface area contributed by atoms with Gasteiger partial charge in [0.2, 0.25) is 5.88 Å². The van der Waals surface area contributed by atoms with Crippen LogP contribution in [0.3, 0.4) is 0 Å². The smallest absolute Gasteiger partial charge is 0.228 e. The summed E-state index contributed by atoms with van der Waals surface area (Å²) < 4.78 is 30.0. The second kappa shape index (κ2) is 10.1. The molecule has 0 bridgehead atoms. The Kier molecular flexibility index (Phi) is 6.56. The molecule has 1 aliphatic heterocycles. The summed E-state index contributed by atoms with van der Waals surface area (Å²) in [5.41, 5.74) is 3.49. The molecule has 2 aromatic carbocycles. The molecule has 0 radical (unpaired) electrons. The summed E-state index contributed by atoms with van der Waals surface area (Å²) in [7, 11) is 6.40. The van der Waals surface area contributed by atoms with Crippen molar-refractivity contribution < 1.29 is 28.5 Å². The number of carbonyl (C=O) groups is 1. The van der Waals surface area contributed by atoms with Gasteiger partial charge < -0.3 is 23.7 Å². The second-order valence-electron chi connectivity index (χ2n) is 11.1. The van der Waals surface area contributed by atoms with Gasteiger partial charge in [-0.05, 0) is 40.8 Å². The first-order valence-electron chi connectivity index (χ1n) is 13.4. The Morgan fingerprint density at radius 1 is 0.927 bits per heavy atom. The predicted molar refractivity (Wildman–Crippen MR) is 150 cm³/mol. The molecule has 1 atom stereocenters. The molecule has 0 amide bonds. The van der Waals surface area contributed by atoms with E-state index in [0.29, 0.717) is 76.5 Å². The molecule has 10 heteroatoms. The zero-order valence-electron chi connectivity index (χ0n) is 24.0. The normalized spacial score (nSPS) is 17.5. The molecule has 41 heavy (non-hydrogen) atoms. The number of methoxy groups -OCH3 is 4. The van der Waals surface area contributed by atoms with E-state index in [4.69, 9.17) is 33.8 Å². The molecule has 212 valence electrons. The highest BCUT2D eigenvalue weighted by Crippen LogP contribution is 2.51. The van der Waals surface area contributed by atoms with Gasteiger partial charge in [-0.3, -0.25) is 4.79 Å². The fourth-order valence-corrected chi connectivity index (χ4v) is 5.80. The lowest BCUT2D eigenvalue weighted by Crippen LogP contribution is -2.33. The summed E-state index contributed by atoms with van der Waals surface area (Å²) in [4.78, 5) is 23.3. The van der Waals surface area contributed by atoms with Crippen LogP contribution >= 0.6 is 0 Å². The van der Waals surface area contributed by atoms with Gasteiger partial charge in [0.05, 0.1) is 39.9 Å². The Bertz CT molecular complexity index is 1710. The van der Waals surface area contributed by atoms with Crippen LogP contribution in [0.25, 0.3) is 5.65 Å². The van der Waals surface area contributed by atoms with E-state index in [9.17, 15) is 4.79 Å². The Morgan fingerprint density at radius 3 is 2.32 bits per heavy atom. The van der Waals surface area contributed by atoms with Gasteiger partial charge in [0, 0.05) is 24.8 Å². The Labute approximate surface area is 237 Å². The average molecular weight is 557 g/mol. The van der Waals surface area contributed by atoms with Crippen molar-refractivity contribution in [1.29, 1.82) is 0 Å². The Balaban J connectivity index is 1.50. The minimum Gasteiger partial charge on any atom is -0.493 e. The van der Waals surface area contributed by atoms with Gasteiger partial charge in [-0.15, -0.1) is 5.10 Å². The molecule has 4 aromatic rings. The molecule has 0 saturated carbocycles. The summed E-state index contributed by atoms with van der Waals surface area (Å²) in [5, 5.41) is 4.72. The van der Waals surface area contributed by atoms with Crippen LogP contribution in [0.15, 0.2) is 54.1 Å². The standard InChI is InChI=1S/C31H32N4O6/c1-31(2)14-19(36)27-24(15-31)41-30-28(26(27)18-8-10-21(38-4)23(13-18)40-6)29-33-25(34-35(29)16-32-30)12-17-7-9-20(37-3)22(11-17)39-5/h7-11,13,16,26H,12,14-15H2,1-6H3. The third-order valence-electron chi connectivity index (χ3n) is 7.66. The van der Waals surface area contributed by atoms with Crippen LogP contribution in [0.2, 0.25) is 0 Å². The number of aromatic nitrogens is 4. The molecule has 3 heterocycles. The predicted octanol–water partition coefficient (Wildman–Crippen LogP) is 4.92. The van der Waals surface area contributed by atoms with Crippen molar-refractivity contribution in [2.24, 2.45) is 5.41 Å². The van der Waals surface area contributed by atoms with E-state index in [0.717, 1.165) is 11.1 Å². The molecule has 1 unspecified atom stereocenters. The van der Waals surface area contributed by atoms with Crippen LogP contribution in [-0.4, -0.2) is 53.8 Å². The van der Waals surface area contributed by atoms with E-state index in [1.54, 1.807) is 39.3 Å². The molecule has 10 nitrogen and oxygen atoms in total. The van der Waals surface area contributed by atoms with Crippen LogP contribution in [0.5, 0.6) is 28.9 Å². The number of rotatable bonds is 7. The monoisotopic (exact) mass is 556 g/mol. The summed E-state index contributed by atoms with van der Waals surface area (Å²) in [6.45, 7) is 4.16. The molecule has 0 N–H and O–H groups in total. The van der Waals surface area contributed by atoms with Crippen molar-refractivity contribution in [3.05, 3.63) is 76.6 Å². The molecular formula is C31H32N4O6. The van der Waals surface area contributed by atoms with Gasteiger partial charge in [-0.25, -0.2) is 14.5 Å². The van der Waals surface area contributed by atoms with Gasteiger partial charge in [0.1, 0.15) is 12.1 Å². The highest BCUT2D eigenvalue weighted by atomic mass is 16.5. The molecule has 0 fully saturated rings. The highest BCUT2D eigenvalue weighted by molar-refractivity contribution is 6.00. The molecular weight excluding hydrogens is 524 g/mol. The molecule has 0 spiro atoms. The van der Waals surface area contributed by atoms with Crippen molar-refractivity contribution in [2.75, 3.05) is 28.4 Å². The summed E-state index contributed by atoms with van der Waals surface area (Å²) in [6, 6.07) is 11.4. The summed E-state index contributed by atoms with van der Waals surface area (Å²) in [6.07, 6.45) is 3.11. The van der Waals surface area contributed by atoms with Gasteiger partial charge in [0.25, 0.3) is 0 Å². The first-order valence-corrected chi connectivity index (χ1v) is 13.4. The first-order chi connectivity index (χ1) is 19.7. The zero-order chi connectivity index (χ0) is 28.9. The number of allylic oxidation sites excluding steroid dienone is 2. The van der Waals surface area contributed by atoms with Crippen molar-refractivity contribution in [2.45, 2.75) is 39.0 Å². The van der Waals surface area contributed by atoms with Crippen molar-refractivity contribution >= 4 is 11.4 Å². The average Bonchev–Trinajstić information content (AvgIpc) is 3.37. The van der Waals surface area contributed by atoms with Crippen LogP contribution < -0.4 is 23.7 Å². The molecule has 0 saturated heterocycles. The molecule has 2 aromatic heterocycles. The Morgan fingerprint density at radius 2 is 1.61 bits per heavy atom. The van der Waals surface area contributed by atoms with Crippen LogP contribution in [-0.2, 0) is 11.2 Å². The quantitative estimate of drug-likeness (QED) is 0.314. The van der Waals surface area contributed by atoms with E-state index in [1.807, 2.05) is 36.4 Å². The number of Topliss-reactive ketones (excluding diaryl/α,β-unsaturated/α-hetero) is 1. The van der Waals surface area contributed by atoms with Gasteiger partial charge >= 0.3 is 0 Å².